The molecule has 2 aliphatic heterocycles. The van der Waals surface area contributed by atoms with Crippen LogP contribution in [0.2, 0.25) is 0 Å². The Hall–Kier alpha value is -2.20. The summed E-state index contributed by atoms with van der Waals surface area (Å²) in [6.45, 7) is 3.16. The number of hydrogen-bond donors (Lipinski definition) is 0. The number of nitriles is 1. The molecule has 1 amide bonds. The standard InChI is InChI=1S/C15H19N5O2/c16-10-12-4-5-17-15(18-12)20-8-9-22-13(11-20)14(21)19-6-2-1-3-7-19/h4-5,13H,1-3,6-9,11H2. The minimum atomic E-state index is -0.471. The first-order valence-electron chi connectivity index (χ1n) is 7.66. The minimum absolute atomic E-state index is 0.0563. The van der Waals surface area contributed by atoms with Crippen LogP contribution >= 0.6 is 0 Å². The second kappa shape index (κ2) is 6.71. The second-order valence-electron chi connectivity index (χ2n) is 5.55. The lowest BCUT2D eigenvalue weighted by molar-refractivity contribution is -0.145. The second-order valence-corrected chi connectivity index (χ2v) is 5.55. The van der Waals surface area contributed by atoms with Gasteiger partial charge in [0.15, 0.2) is 6.10 Å². The van der Waals surface area contributed by atoms with Gasteiger partial charge in [0, 0.05) is 25.8 Å². The molecule has 3 rings (SSSR count). The van der Waals surface area contributed by atoms with E-state index in [2.05, 4.69) is 9.97 Å². The van der Waals surface area contributed by atoms with Crippen molar-refractivity contribution in [3.8, 4) is 6.07 Å². The number of carbonyl (C=O) groups excluding carboxylic acids is 1. The van der Waals surface area contributed by atoms with Crippen LogP contribution in [-0.2, 0) is 9.53 Å². The molecule has 7 nitrogen and oxygen atoms in total. The van der Waals surface area contributed by atoms with Crippen molar-refractivity contribution in [2.45, 2.75) is 25.4 Å². The van der Waals surface area contributed by atoms with Gasteiger partial charge in [0.25, 0.3) is 5.91 Å². The Bertz CT molecular complexity index is 580. The van der Waals surface area contributed by atoms with Crippen molar-refractivity contribution >= 4 is 11.9 Å². The highest BCUT2D eigenvalue weighted by Gasteiger charge is 2.31. The van der Waals surface area contributed by atoms with Gasteiger partial charge in [-0.3, -0.25) is 4.79 Å². The lowest BCUT2D eigenvalue weighted by Gasteiger charge is -2.36. The maximum Gasteiger partial charge on any atom is 0.253 e. The molecule has 3 heterocycles. The van der Waals surface area contributed by atoms with E-state index < -0.39 is 6.10 Å². The highest BCUT2D eigenvalue weighted by molar-refractivity contribution is 5.82. The average molecular weight is 301 g/mol. The maximum absolute atomic E-state index is 12.5. The number of rotatable bonds is 2. The van der Waals surface area contributed by atoms with Gasteiger partial charge in [0.2, 0.25) is 5.95 Å². The maximum atomic E-state index is 12.5. The third-order valence-corrected chi connectivity index (χ3v) is 4.05. The highest BCUT2D eigenvalue weighted by atomic mass is 16.5. The zero-order valence-electron chi connectivity index (χ0n) is 12.4. The van der Waals surface area contributed by atoms with E-state index in [1.54, 1.807) is 12.3 Å². The molecule has 1 unspecified atom stereocenters. The molecule has 1 atom stereocenters. The molecular weight excluding hydrogens is 282 g/mol. The number of anilines is 1. The molecule has 1 aromatic heterocycles. The van der Waals surface area contributed by atoms with Crippen molar-refractivity contribution in [1.82, 2.24) is 14.9 Å². The number of amides is 1. The number of ether oxygens (including phenoxy) is 1. The molecule has 1 aromatic rings. The van der Waals surface area contributed by atoms with Crippen molar-refractivity contribution in [1.29, 1.82) is 5.26 Å². The SMILES string of the molecule is N#Cc1ccnc(N2CCOC(C(=O)N3CCCCC3)C2)n1. The Kier molecular flexibility index (Phi) is 4.49. The third kappa shape index (κ3) is 3.17. The van der Waals surface area contributed by atoms with Gasteiger partial charge in [-0.1, -0.05) is 0 Å². The summed E-state index contributed by atoms with van der Waals surface area (Å²) in [6.07, 6.45) is 4.42. The first-order chi connectivity index (χ1) is 10.8. The normalized spacial score (nSPS) is 22.2. The number of morpholine rings is 1. The van der Waals surface area contributed by atoms with Crippen LogP contribution in [-0.4, -0.2) is 59.7 Å². The fourth-order valence-corrected chi connectivity index (χ4v) is 2.86. The predicted molar refractivity (Wildman–Crippen MR) is 79.1 cm³/mol. The quantitative estimate of drug-likeness (QED) is 0.794. The molecule has 0 bridgehead atoms. The van der Waals surface area contributed by atoms with Gasteiger partial charge in [-0.05, 0) is 25.3 Å². The number of hydrogen-bond acceptors (Lipinski definition) is 6. The van der Waals surface area contributed by atoms with Crippen LogP contribution < -0.4 is 4.90 Å². The zero-order chi connectivity index (χ0) is 15.4. The summed E-state index contributed by atoms with van der Waals surface area (Å²) in [5, 5.41) is 8.93. The van der Waals surface area contributed by atoms with Crippen LogP contribution in [0.15, 0.2) is 12.3 Å². The van der Waals surface area contributed by atoms with Gasteiger partial charge in [-0.2, -0.15) is 5.26 Å². The lowest BCUT2D eigenvalue weighted by atomic mass is 10.1. The monoisotopic (exact) mass is 301 g/mol. The molecule has 0 N–H and O–H groups in total. The van der Waals surface area contributed by atoms with Crippen LogP contribution in [0.25, 0.3) is 0 Å². The summed E-state index contributed by atoms with van der Waals surface area (Å²) in [5.74, 6) is 0.541. The van der Waals surface area contributed by atoms with Crippen molar-refractivity contribution in [2.24, 2.45) is 0 Å². The van der Waals surface area contributed by atoms with E-state index in [9.17, 15) is 4.79 Å². The smallest absolute Gasteiger partial charge is 0.253 e. The zero-order valence-corrected chi connectivity index (χ0v) is 12.4. The summed E-state index contributed by atoms with van der Waals surface area (Å²) in [5.41, 5.74) is 0.329. The molecule has 0 aromatic carbocycles. The van der Waals surface area contributed by atoms with E-state index in [1.165, 1.54) is 6.42 Å². The summed E-state index contributed by atoms with van der Waals surface area (Å²) in [6, 6.07) is 3.58. The molecular formula is C15H19N5O2. The molecule has 0 aliphatic carbocycles. The average Bonchev–Trinajstić information content (AvgIpc) is 2.62. The van der Waals surface area contributed by atoms with E-state index >= 15 is 0 Å². The number of piperidine rings is 1. The molecule has 7 heteroatoms. The van der Waals surface area contributed by atoms with Crippen LogP contribution in [0.3, 0.4) is 0 Å². The molecule has 0 spiro atoms. The molecule has 0 radical (unpaired) electrons. The van der Waals surface area contributed by atoms with E-state index in [0.717, 1.165) is 25.9 Å². The molecule has 0 saturated carbocycles. The number of nitrogens with zero attached hydrogens (tertiary/aromatic N) is 5. The first kappa shape index (κ1) is 14.7. The fourth-order valence-electron chi connectivity index (χ4n) is 2.86. The Balaban J connectivity index is 1.68. The van der Waals surface area contributed by atoms with Gasteiger partial charge < -0.3 is 14.5 Å². The minimum Gasteiger partial charge on any atom is -0.365 e. The molecule has 2 saturated heterocycles. The van der Waals surface area contributed by atoms with Gasteiger partial charge in [0.05, 0.1) is 13.2 Å². The largest absolute Gasteiger partial charge is 0.365 e. The number of carbonyl (C=O) groups is 1. The lowest BCUT2D eigenvalue weighted by Crippen LogP contribution is -2.52. The van der Waals surface area contributed by atoms with Crippen molar-refractivity contribution in [2.75, 3.05) is 37.7 Å². The van der Waals surface area contributed by atoms with E-state index in [1.807, 2.05) is 15.9 Å². The highest BCUT2D eigenvalue weighted by Crippen LogP contribution is 2.17. The van der Waals surface area contributed by atoms with Crippen LogP contribution in [0.1, 0.15) is 25.0 Å². The van der Waals surface area contributed by atoms with Crippen LogP contribution in [0, 0.1) is 11.3 Å². The first-order valence-corrected chi connectivity index (χ1v) is 7.66. The fraction of sp³-hybridized carbons (Fsp3) is 0.600. The van der Waals surface area contributed by atoms with E-state index in [4.69, 9.17) is 10.00 Å². The molecule has 2 aliphatic rings. The Morgan fingerprint density at radius 2 is 2.14 bits per heavy atom. The number of aromatic nitrogens is 2. The van der Waals surface area contributed by atoms with E-state index in [0.29, 0.717) is 31.3 Å². The Morgan fingerprint density at radius 1 is 1.32 bits per heavy atom. The van der Waals surface area contributed by atoms with Crippen molar-refractivity contribution in [3.05, 3.63) is 18.0 Å². The third-order valence-electron chi connectivity index (χ3n) is 4.05. The van der Waals surface area contributed by atoms with E-state index in [-0.39, 0.29) is 5.91 Å². The van der Waals surface area contributed by atoms with Gasteiger partial charge in [-0.15, -0.1) is 0 Å². The molecule has 2 fully saturated rings. The topological polar surface area (TPSA) is 82.3 Å². The van der Waals surface area contributed by atoms with Crippen molar-refractivity contribution < 1.29 is 9.53 Å². The molecule has 116 valence electrons. The van der Waals surface area contributed by atoms with Crippen molar-refractivity contribution in [3.63, 3.8) is 0 Å². The van der Waals surface area contributed by atoms with Gasteiger partial charge in [0.1, 0.15) is 11.8 Å². The number of likely N-dealkylation sites (tertiary alicyclic amines) is 1. The summed E-state index contributed by atoms with van der Waals surface area (Å²) in [7, 11) is 0. The van der Waals surface area contributed by atoms with Crippen LogP contribution in [0.5, 0.6) is 0 Å². The van der Waals surface area contributed by atoms with Gasteiger partial charge >= 0.3 is 0 Å². The predicted octanol–water partition coefficient (Wildman–Crippen LogP) is 0.566. The van der Waals surface area contributed by atoms with Gasteiger partial charge in [-0.25, -0.2) is 9.97 Å². The van der Waals surface area contributed by atoms with Crippen LogP contribution in [0.4, 0.5) is 5.95 Å². The molecule has 22 heavy (non-hydrogen) atoms. The summed E-state index contributed by atoms with van der Waals surface area (Å²) < 4.78 is 5.65. The summed E-state index contributed by atoms with van der Waals surface area (Å²) >= 11 is 0. The summed E-state index contributed by atoms with van der Waals surface area (Å²) in [4.78, 5) is 24.7. The Labute approximate surface area is 129 Å². The Morgan fingerprint density at radius 3 is 2.91 bits per heavy atom.